The molecule has 0 bridgehead atoms. The first-order valence-corrected chi connectivity index (χ1v) is 11.5. The summed E-state index contributed by atoms with van der Waals surface area (Å²) < 4.78 is 0. The Balaban J connectivity index is 1.48. The van der Waals surface area contributed by atoms with Crippen LogP contribution in [0.15, 0.2) is 54.7 Å². The molecule has 2 atom stereocenters. The highest BCUT2D eigenvalue weighted by Gasteiger charge is 2.12. The van der Waals surface area contributed by atoms with Crippen molar-refractivity contribution in [3.05, 3.63) is 88.1 Å². The van der Waals surface area contributed by atoms with E-state index in [1.165, 1.54) is 0 Å². The van der Waals surface area contributed by atoms with Crippen molar-refractivity contribution in [1.29, 1.82) is 0 Å². The lowest BCUT2D eigenvalue weighted by Gasteiger charge is -2.18. The molecule has 34 heavy (non-hydrogen) atoms. The van der Waals surface area contributed by atoms with Crippen molar-refractivity contribution in [2.24, 2.45) is 0 Å². The molecule has 1 amide bonds. The number of rotatable bonds is 10. The normalized spacial score (nSPS) is 12.8. The Morgan fingerprint density at radius 3 is 2.44 bits per heavy atom. The Kier molecular flexibility index (Phi) is 8.62. The fourth-order valence-electron chi connectivity index (χ4n) is 3.93. The first kappa shape index (κ1) is 25.2. The Morgan fingerprint density at radius 1 is 1.06 bits per heavy atom. The number of nitrogens with zero attached hydrogens (tertiary/aromatic N) is 1. The number of hydrogen-bond acceptors (Lipinski definition) is 6. The molecule has 3 rings (SSSR count). The van der Waals surface area contributed by atoms with Gasteiger partial charge in [-0.05, 0) is 61.1 Å². The van der Waals surface area contributed by atoms with Crippen LogP contribution in [-0.4, -0.2) is 33.7 Å². The van der Waals surface area contributed by atoms with Crippen LogP contribution in [0.2, 0.25) is 0 Å². The van der Waals surface area contributed by atoms with Crippen LogP contribution in [0.25, 0.3) is 0 Å². The van der Waals surface area contributed by atoms with Gasteiger partial charge in [-0.25, -0.2) is 4.98 Å². The van der Waals surface area contributed by atoms with E-state index in [0.717, 1.165) is 39.8 Å². The lowest BCUT2D eigenvalue weighted by Crippen LogP contribution is -2.32. The number of phenols is 1. The minimum atomic E-state index is -0.660. The SMILES string of the molecule is Cc1cc(CNC(=O)Cc2cccc(C[C@@H](C)NC[C@H](O)c3ccc(N)nc3)c2)cc(C)c1O. The van der Waals surface area contributed by atoms with Gasteiger partial charge in [0.2, 0.25) is 5.91 Å². The highest BCUT2D eigenvalue weighted by Crippen LogP contribution is 2.22. The van der Waals surface area contributed by atoms with Crippen molar-refractivity contribution >= 4 is 11.7 Å². The van der Waals surface area contributed by atoms with Crippen LogP contribution in [0.1, 0.15) is 46.4 Å². The molecular weight excluding hydrogens is 428 g/mol. The van der Waals surface area contributed by atoms with E-state index in [1.807, 2.05) is 50.2 Å². The summed E-state index contributed by atoms with van der Waals surface area (Å²) in [5.41, 5.74) is 11.0. The molecule has 0 aliphatic carbocycles. The molecule has 1 heterocycles. The number of benzene rings is 2. The van der Waals surface area contributed by atoms with Gasteiger partial charge in [0.1, 0.15) is 11.6 Å². The molecule has 1 aromatic heterocycles. The molecule has 180 valence electrons. The molecule has 0 aliphatic rings. The Labute approximate surface area is 201 Å². The topological polar surface area (TPSA) is 120 Å². The van der Waals surface area contributed by atoms with E-state index in [0.29, 0.717) is 31.1 Å². The molecule has 3 aromatic rings. The van der Waals surface area contributed by atoms with Crippen molar-refractivity contribution in [2.45, 2.75) is 52.3 Å². The predicted molar refractivity (Wildman–Crippen MR) is 134 cm³/mol. The van der Waals surface area contributed by atoms with Gasteiger partial charge >= 0.3 is 0 Å². The molecule has 7 heteroatoms. The first-order chi connectivity index (χ1) is 16.2. The zero-order chi connectivity index (χ0) is 24.7. The van der Waals surface area contributed by atoms with Gasteiger partial charge in [-0.1, -0.05) is 42.5 Å². The Morgan fingerprint density at radius 2 is 1.76 bits per heavy atom. The summed E-state index contributed by atoms with van der Waals surface area (Å²) in [6.07, 6.45) is 2.00. The number of anilines is 1. The molecule has 0 unspecified atom stereocenters. The maximum absolute atomic E-state index is 12.5. The first-order valence-electron chi connectivity index (χ1n) is 11.5. The average molecular weight is 463 g/mol. The maximum Gasteiger partial charge on any atom is 0.224 e. The van der Waals surface area contributed by atoms with Gasteiger partial charge in [-0.15, -0.1) is 0 Å². The minimum absolute atomic E-state index is 0.0491. The molecule has 0 spiro atoms. The summed E-state index contributed by atoms with van der Waals surface area (Å²) in [5.74, 6) is 0.677. The van der Waals surface area contributed by atoms with E-state index in [9.17, 15) is 15.0 Å². The third-order valence-corrected chi connectivity index (χ3v) is 5.79. The monoisotopic (exact) mass is 462 g/mol. The number of aromatic nitrogens is 1. The molecule has 2 aromatic carbocycles. The summed E-state index contributed by atoms with van der Waals surface area (Å²) in [7, 11) is 0. The van der Waals surface area contributed by atoms with Gasteiger partial charge in [0.25, 0.3) is 0 Å². The minimum Gasteiger partial charge on any atom is -0.507 e. The van der Waals surface area contributed by atoms with Crippen molar-refractivity contribution in [3.8, 4) is 5.75 Å². The van der Waals surface area contributed by atoms with Crippen LogP contribution in [0.5, 0.6) is 5.75 Å². The molecule has 0 aliphatic heterocycles. The van der Waals surface area contributed by atoms with E-state index in [1.54, 1.807) is 18.3 Å². The van der Waals surface area contributed by atoms with E-state index >= 15 is 0 Å². The van der Waals surface area contributed by atoms with Crippen LogP contribution >= 0.6 is 0 Å². The van der Waals surface area contributed by atoms with Gasteiger partial charge in [-0.3, -0.25) is 4.79 Å². The number of hydrogen-bond donors (Lipinski definition) is 5. The highest BCUT2D eigenvalue weighted by atomic mass is 16.3. The standard InChI is InChI=1S/C27H34N4O3/c1-17-9-22(10-18(2)27(17)34)14-31-26(33)13-21-6-4-5-20(12-21)11-19(3)29-16-24(32)23-7-8-25(28)30-15-23/h4-10,12,15,19,24,29,32,34H,11,13-14,16H2,1-3H3,(H2,28,30)(H,31,33)/t19-,24+/m1/s1. The molecule has 0 fully saturated rings. The fraction of sp³-hybridized carbons (Fsp3) is 0.333. The smallest absolute Gasteiger partial charge is 0.224 e. The van der Waals surface area contributed by atoms with Crippen LogP contribution in [0, 0.1) is 13.8 Å². The molecule has 0 radical (unpaired) electrons. The predicted octanol–water partition coefficient (Wildman–Crippen LogP) is 3.10. The number of amides is 1. The third kappa shape index (κ3) is 7.30. The Hall–Kier alpha value is -3.42. The Bertz CT molecular complexity index is 1090. The lowest BCUT2D eigenvalue weighted by atomic mass is 10.0. The van der Waals surface area contributed by atoms with Gasteiger partial charge in [0, 0.05) is 30.9 Å². The second kappa shape index (κ2) is 11.6. The van der Waals surface area contributed by atoms with E-state index in [2.05, 4.69) is 22.5 Å². The van der Waals surface area contributed by atoms with E-state index in [-0.39, 0.29) is 11.9 Å². The maximum atomic E-state index is 12.5. The number of aryl methyl sites for hydroxylation is 2. The molecule has 6 N–H and O–H groups in total. The van der Waals surface area contributed by atoms with Crippen molar-refractivity contribution in [1.82, 2.24) is 15.6 Å². The second-order valence-corrected chi connectivity index (χ2v) is 8.90. The summed E-state index contributed by atoms with van der Waals surface area (Å²) in [4.78, 5) is 16.5. The van der Waals surface area contributed by atoms with Gasteiger partial charge < -0.3 is 26.6 Å². The third-order valence-electron chi connectivity index (χ3n) is 5.79. The summed E-state index contributed by atoms with van der Waals surface area (Å²) in [5, 5.41) is 26.6. The molecular formula is C27H34N4O3. The number of aliphatic hydroxyl groups is 1. The number of phenolic OH excluding ortho intramolecular Hbond substituents is 1. The number of nitrogen functional groups attached to an aromatic ring is 1. The van der Waals surface area contributed by atoms with Crippen LogP contribution in [0.4, 0.5) is 5.82 Å². The highest BCUT2D eigenvalue weighted by molar-refractivity contribution is 5.78. The van der Waals surface area contributed by atoms with Crippen molar-refractivity contribution in [2.75, 3.05) is 12.3 Å². The van der Waals surface area contributed by atoms with E-state index in [4.69, 9.17) is 5.73 Å². The van der Waals surface area contributed by atoms with Crippen LogP contribution < -0.4 is 16.4 Å². The largest absolute Gasteiger partial charge is 0.507 e. The van der Waals surface area contributed by atoms with Gasteiger partial charge in [-0.2, -0.15) is 0 Å². The summed E-state index contributed by atoms with van der Waals surface area (Å²) in [6.45, 7) is 6.60. The number of carbonyl (C=O) groups is 1. The molecule has 0 saturated heterocycles. The van der Waals surface area contributed by atoms with Gasteiger partial charge in [0.15, 0.2) is 0 Å². The summed E-state index contributed by atoms with van der Waals surface area (Å²) in [6, 6.07) is 15.4. The number of aliphatic hydroxyl groups excluding tert-OH is 1. The van der Waals surface area contributed by atoms with Crippen LogP contribution in [0.3, 0.4) is 0 Å². The van der Waals surface area contributed by atoms with Crippen LogP contribution in [-0.2, 0) is 24.2 Å². The second-order valence-electron chi connectivity index (χ2n) is 8.90. The number of pyridine rings is 1. The summed E-state index contributed by atoms with van der Waals surface area (Å²) >= 11 is 0. The van der Waals surface area contributed by atoms with Gasteiger partial charge in [0.05, 0.1) is 12.5 Å². The number of nitrogens with one attached hydrogen (secondary N) is 2. The zero-order valence-corrected chi connectivity index (χ0v) is 20.0. The molecule has 0 saturated carbocycles. The lowest BCUT2D eigenvalue weighted by molar-refractivity contribution is -0.120. The van der Waals surface area contributed by atoms with Crippen molar-refractivity contribution in [3.63, 3.8) is 0 Å². The number of aromatic hydroxyl groups is 1. The fourth-order valence-corrected chi connectivity index (χ4v) is 3.93. The average Bonchev–Trinajstić information content (AvgIpc) is 2.80. The number of carbonyl (C=O) groups excluding carboxylic acids is 1. The zero-order valence-electron chi connectivity index (χ0n) is 20.0. The van der Waals surface area contributed by atoms with E-state index < -0.39 is 6.10 Å². The van der Waals surface area contributed by atoms with Crippen molar-refractivity contribution < 1.29 is 15.0 Å². The number of nitrogens with two attached hydrogens (primary N) is 1. The quantitative estimate of drug-likeness (QED) is 0.316. The molecule has 7 nitrogen and oxygen atoms in total.